The summed E-state index contributed by atoms with van der Waals surface area (Å²) >= 11 is 1.73. The number of ether oxygens (including phenoxy) is 2. The van der Waals surface area contributed by atoms with E-state index in [2.05, 4.69) is 16.9 Å². The molecule has 0 aliphatic carbocycles. The molecule has 0 spiro atoms. The molecule has 0 saturated carbocycles. The number of nitrogens with one attached hydrogen (secondary N) is 1. The highest BCUT2D eigenvalue weighted by molar-refractivity contribution is 8.00. The SMILES string of the molecule is C=C(CCCC(=O)OCOC(=O)N(C)CCc1ccccn1)[C@H]1C[C@@H](NC(N)=O)CS1. The van der Waals surface area contributed by atoms with Gasteiger partial charge in [-0.3, -0.25) is 9.78 Å². The fourth-order valence-electron chi connectivity index (χ4n) is 3.08. The van der Waals surface area contributed by atoms with Gasteiger partial charge in [0.2, 0.25) is 6.79 Å². The Bertz CT molecular complexity index is 761. The molecule has 0 aromatic carbocycles. The van der Waals surface area contributed by atoms with Gasteiger partial charge in [-0.1, -0.05) is 18.2 Å². The van der Waals surface area contributed by atoms with Gasteiger partial charge in [-0.05, 0) is 31.4 Å². The maximum atomic E-state index is 11.9. The standard InChI is InChI=1S/C21H30N4O5S/c1-15(18-12-17(13-31-18)24-20(22)27)6-5-8-19(26)29-14-30-21(28)25(2)11-9-16-7-3-4-10-23-16/h3-4,7,10,17-18H,1,5-6,8-9,11-14H2,2H3,(H3,22,24,27)/t17-,18-/m1/s1. The lowest BCUT2D eigenvalue weighted by atomic mass is 10.0. The predicted octanol–water partition coefficient (Wildman–Crippen LogP) is 2.46. The molecular formula is C21H30N4O5S. The Labute approximate surface area is 186 Å². The normalized spacial score (nSPS) is 17.6. The summed E-state index contributed by atoms with van der Waals surface area (Å²) in [4.78, 5) is 40.3. The van der Waals surface area contributed by atoms with Gasteiger partial charge in [0.25, 0.3) is 0 Å². The molecule has 1 aliphatic heterocycles. The average molecular weight is 451 g/mol. The molecule has 2 atom stereocenters. The molecule has 3 amide bonds. The van der Waals surface area contributed by atoms with Gasteiger partial charge < -0.3 is 25.4 Å². The fraction of sp³-hybridized carbons (Fsp3) is 0.524. The third-order valence-corrected chi connectivity index (χ3v) is 6.34. The first-order chi connectivity index (χ1) is 14.8. The maximum Gasteiger partial charge on any atom is 0.412 e. The second kappa shape index (κ2) is 12.8. The van der Waals surface area contributed by atoms with E-state index in [1.54, 1.807) is 25.0 Å². The first-order valence-electron chi connectivity index (χ1n) is 10.1. The van der Waals surface area contributed by atoms with Crippen molar-refractivity contribution in [1.29, 1.82) is 0 Å². The number of carbonyl (C=O) groups excluding carboxylic acids is 3. The van der Waals surface area contributed by atoms with Crippen molar-refractivity contribution in [3.8, 4) is 0 Å². The Kier molecular flexibility index (Phi) is 10.2. The summed E-state index contributed by atoms with van der Waals surface area (Å²) in [6.07, 6.45) is 4.04. The molecule has 2 rings (SSSR count). The van der Waals surface area contributed by atoms with Crippen LogP contribution in [0, 0.1) is 0 Å². The number of hydrogen-bond donors (Lipinski definition) is 2. The third kappa shape index (κ3) is 9.29. The van der Waals surface area contributed by atoms with Crippen molar-refractivity contribution in [1.82, 2.24) is 15.2 Å². The number of nitrogens with zero attached hydrogens (tertiary/aromatic N) is 2. The van der Waals surface area contributed by atoms with Crippen LogP contribution < -0.4 is 11.1 Å². The quantitative estimate of drug-likeness (QED) is 0.301. The van der Waals surface area contributed by atoms with Crippen molar-refractivity contribution in [3.63, 3.8) is 0 Å². The summed E-state index contributed by atoms with van der Waals surface area (Å²) in [6.45, 7) is 4.13. The third-order valence-electron chi connectivity index (χ3n) is 4.82. The smallest absolute Gasteiger partial charge is 0.412 e. The van der Waals surface area contributed by atoms with E-state index in [9.17, 15) is 14.4 Å². The minimum atomic E-state index is -0.561. The van der Waals surface area contributed by atoms with Crippen LogP contribution in [-0.4, -0.2) is 65.4 Å². The highest BCUT2D eigenvalue weighted by atomic mass is 32.2. The molecule has 1 aliphatic rings. The molecule has 1 aromatic heterocycles. The van der Waals surface area contributed by atoms with Crippen molar-refractivity contribution in [2.45, 2.75) is 43.4 Å². The summed E-state index contributed by atoms with van der Waals surface area (Å²) in [5.41, 5.74) is 7.07. The lowest BCUT2D eigenvalue weighted by molar-refractivity contribution is -0.152. The molecule has 170 valence electrons. The van der Waals surface area contributed by atoms with Gasteiger partial charge in [0.1, 0.15) is 0 Å². The number of nitrogens with two attached hydrogens (primary N) is 1. The first-order valence-corrected chi connectivity index (χ1v) is 11.2. The van der Waals surface area contributed by atoms with Crippen LogP contribution in [-0.2, 0) is 20.7 Å². The summed E-state index contributed by atoms with van der Waals surface area (Å²) in [7, 11) is 1.61. The van der Waals surface area contributed by atoms with E-state index in [4.69, 9.17) is 15.2 Å². The molecule has 1 saturated heterocycles. The Morgan fingerprint density at radius 1 is 1.32 bits per heavy atom. The maximum absolute atomic E-state index is 11.9. The molecule has 9 nitrogen and oxygen atoms in total. The van der Waals surface area contributed by atoms with Crippen molar-refractivity contribution >= 4 is 29.9 Å². The number of aromatic nitrogens is 1. The van der Waals surface area contributed by atoms with Crippen LogP contribution in [0.3, 0.4) is 0 Å². The van der Waals surface area contributed by atoms with Crippen molar-refractivity contribution in [2.75, 3.05) is 26.1 Å². The van der Waals surface area contributed by atoms with Crippen LogP contribution in [0.4, 0.5) is 9.59 Å². The van der Waals surface area contributed by atoms with Crippen molar-refractivity contribution in [3.05, 3.63) is 42.2 Å². The zero-order valence-corrected chi connectivity index (χ0v) is 18.6. The summed E-state index contributed by atoms with van der Waals surface area (Å²) < 4.78 is 9.95. The van der Waals surface area contributed by atoms with E-state index in [-0.39, 0.29) is 17.7 Å². The van der Waals surface area contributed by atoms with E-state index in [1.165, 1.54) is 4.90 Å². The molecular weight excluding hydrogens is 420 g/mol. The van der Waals surface area contributed by atoms with Crippen LogP contribution >= 0.6 is 11.8 Å². The largest absolute Gasteiger partial charge is 0.428 e. The lowest BCUT2D eigenvalue weighted by Crippen LogP contribution is -2.38. The van der Waals surface area contributed by atoms with E-state index < -0.39 is 24.9 Å². The summed E-state index contributed by atoms with van der Waals surface area (Å²) in [6, 6.07) is 5.15. The molecule has 0 radical (unpaired) electrons. The lowest BCUT2D eigenvalue weighted by Gasteiger charge is -2.16. The Balaban J connectivity index is 1.54. The van der Waals surface area contributed by atoms with Gasteiger partial charge in [-0.15, -0.1) is 0 Å². The number of esters is 1. The van der Waals surface area contributed by atoms with Crippen LogP contribution in [0.5, 0.6) is 0 Å². The Morgan fingerprint density at radius 2 is 2.13 bits per heavy atom. The number of pyridine rings is 1. The van der Waals surface area contributed by atoms with E-state index in [1.807, 2.05) is 18.2 Å². The summed E-state index contributed by atoms with van der Waals surface area (Å²) in [5, 5.41) is 2.96. The second-order valence-electron chi connectivity index (χ2n) is 7.31. The number of urea groups is 1. The van der Waals surface area contributed by atoms with Crippen LogP contribution in [0.15, 0.2) is 36.5 Å². The predicted molar refractivity (Wildman–Crippen MR) is 118 cm³/mol. The monoisotopic (exact) mass is 450 g/mol. The zero-order valence-electron chi connectivity index (χ0n) is 17.7. The number of amides is 3. The van der Waals surface area contributed by atoms with Gasteiger partial charge in [0, 0.05) is 55.4 Å². The number of likely N-dealkylation sites (N-methyl/N-ethyl adjacent to an activating group) is 1. The number of hydrogen-bond acceptors (Lipinski definition) is 7. The molecule has 2 heterocycles. The average Bonchev–Trinajstić information content (AvgIpc) is 3.20. The fourth-order valence-corrected chi connectivity index (χ4v) is 4.49. The number of primary amides is 1. The molecule has 31 heavy (non-hydrogen) atoms. The minimum absolute atomic E-state index is 0.0611. The van der Waals surface area contributed by atoms with Crippen molar-refractivity contribution < 1.29 is 23.9 Å². The number of thioether (sulfide) groups is 1. The highest BCUT2D eigenvalue weighted by Crippen LogP contribution is 2.33. The van der Waals surface area contributed by atoms with E-state index in [0.29, 0.717) is 25.8 Å². The van der Waals surface area contributed by atoms with Crippen molar-refractivity contribution in [2.24, 2.45) is 5.73 Å². The van der Waals surface area contributed by atoms with Crippen LogP contribution in [0.25, 0.3) is 0 Å². The highest BCUT2D eigenvalue weighted by Gasteiger charge is 2.27. The molecule has 10 heteroatoms. The molecule has 0 bridgehead atoms. The van der Waals surface area contributed by atoms with Crippen LogP contribution in [0.1, 0.15) is 31.4 Å². The summed E-state index contributed by atoms with van der Waals surface area (Å²) in [5.74, 6) is 0.375. The zero-order chi connectivity index (χ0) is 22.6. The van der Waals surface area contributed by atoms with Gasteiger partial charge in [-0.2, -0.15) is 11.8 Å². The second-order valence-corrected chi connectivity index (χ2v) is 8.55. The van der Waals surface area contributed by atoms with Gasteiger partial charge >= 0.3 is 18.1 Å². The van der Waals surface area contributed by atoms with Gasteiger partial charge in [0.15, 0.2) is 0 Å². The molecule has 1 aromatic rings. The van der Waals surface area contributed by atoms with Gasteiger partial charge in [-0.25, -0.2) is 9.59 Å². The van der Waals surface area contributed by atoms with Crippen LogP contribution in [0.2, 0.25) is 0 Å². The minimum Gasteiger partial charge on any atom is -0.428 e. The number of rotatable bonds is 11. The number of carbonyl (C=O) groups is 3. The molecule has 3 N–H and O–H groups in total. The molecule has 1 fully saturated rings. The topological polar surface area (TPSA) is 124 Å². The van der Waals surface area contributed by atoms with Gasteiger partial charge in [0.05, 0.1) is 0 Å². The molecule has 0 unspecified atom stereocenters. The first kappa shape index (κ1) is 24.5. The van der Waals surface area contributed by atoms with E-state index in [0.717, 1.165) is 23.4 Å². The van der Waals surface area contributed by atoms with E-state index >= 15 is 0 Å². The Hall–Kier alpha value is -2.75. The Morgan fingerprint density at radius 3 is 2.84 bits per heavy atom.